The number of hydrazine groups is 2. The van der Waals surface area contributed by atoms with Crippen molar-refractivity contribution in [3.05, 3.63) is 140 Å². The number of nitrogens with zero attached hydrogens (tertiary/aromatic N) is 7. The van der Waals surface area contributed by atoms with Crippen LogP contribution in [0.5, 0.6) is 5.75 Å². The fourth-order valence-corrected chi connectivity index (χ4v) is 8.28. The van der Waals surface area contributed by atoms with Gasteiger partial charge in [-0.3, -0.25) is 24.2 Å². The Morgan fingerprint density at radius 3 is 2.16 bits per heavy atom. The molecule has 0 atom stereocenters. The normalized spacial score (nSPS) is 12.8. The van der Waals surface area contributed by atoms with Crippen LogP contribution in [0.25, 0.3) is 5.57 Å². The number of nitrogens with two attached hydrogens (primary N) is 2. The van der Waals surface area contributed by atoms with E-state index in [9.17, 15) is 35.9 Å². The summed E-state index contributed by atoms with van der Waals surface area (Å²) in [5.74, 6) is 11.1. The SMILES string of the molecule is COc1ccc(NC(=O)c2cnc(C)c(N(N)CC(=N)c3cnc(Cc4ncc(C(=O)Nc5cc(C6=CCNCC6)cc(C(F)(F)F)c5)cc4N(N)CC(=N)c4cnn(C)c4C)s3)c2)cc1C(F)(F)F. The first-order valence-corrected chi connectivity index (χ1v) is 22.0. The number of carbonyl (C=O) groups is 2. The number of ether oxygens (including phenoxy) is 1. The van der Waals surface area contributed by atoms with Crippen molar-refractivity contribution in [3.63, 3.8) is 0 Å². The zero-order valence-corrected chi connectivity index (χ0v) is 38.8. The maximum Gasteiger partial charge on any atom is 0.420 e. The number of aromatic nitrogens is 5. The van der Waals surface area contributed by atoms with Gasteiger partial charge in [-0.25, -0.2) is 16.7 Å². The summed E-state index contributed by atoms with van der Waals surface area (Å²) in [6, 6.07) is 9.33. The first-order chi connectivity index (χ1) is 33.1. The molecule has 24 heteroatoms. The van der Waals surface area contributed by atoms with Gasteiger partial charge < -0.3 is 41.5 Å². The van der Waals surface area contributed by atoms with Gasteiger partial charge in [0.15, 0.2) is 0 Å². The Labute approximate surface area is 400 Å². The monoisotopic (exact) mass is 988 g/mol. The number of hydrogen-bond donors (Lipinski definition) is 7. The highest BCUT2D eigenvalue weighted by molar-refractivity contribution is 7.13. The lowest BCUT2D eigenvalue weighted by atomic mass is 9.97. The van der Waals surface area contributed by atoms with Crippen LogP contribution >= 0.6 is 11.3 Å². The second-order valence-corrected chi connectivity index (χ2v) is 17.2. The molecule has 17 nitrogen and oxygen atoms in total. The maximum atomic E-state index is 14.1. The van der Waals surface area contributed by atoms with Crippen molar-refractivity contribution in [2.75, 3.05) is 53.9 Å². The number of amides is 2. The molecular weight excluding hydrogens is 943 g/mol. The van der Waals surface area contributed by atoms with Crippen molar-refractivity contribution in [2.45, 2.75) is 39.0 Å². The molecule has 5 heterocycles. The number of halogens is 6. The molecular formula is C46H46F6N14O3S. The third-order valence-electron chi connectivity index (χ3n) is 11.3. The molecule has 0 fully saturated rings. The Bertz CT molecular complexity index is 3020. The Morgan fingerprint density at radius 1 is 0.843 bits per heavy atom. The van der Waals surface area contributed by atoms with Crippen LogP contribution in [-0.4, -0.2) is 81.3 Å². The minimum Gasteiger partial charge on any atom is -0.496 e. The third kappa shape index (κ3) is 11.6. The van der Waals surface area contributed by atoms with E-state index in [1.54, 1.807) is 31.7 Å². The third-order valence-corrected chi connectivity index (χ3v) is 12.3. The van der Waals surface area contributed by atoms with E-state index in [2.05, 4.69) is 36.0 Å². The number of anilines is 4. The smallest absolute Gasteiger partial charge is 0.420 e. The number of thiazole rings is 1. The van der Waals surface area contributed by atoms with Gasteiger partial charge in [-0.05, 0) is 86.5 Å². The standard InChI is InChI=1S/C46H46F6N14O3S/c1-24-38(13-28(18-58-24)43(67)62-31-5-6-40(69-4)34(16-31)46(50,51)52)65(55)23-36(54)41-21-60-42(70-41)17-37-39(66(56)22-35(53)33-20-61-64(3)25(33)2)14-29(19-59-37)44(68)63-32-12-27(26-7-9-57-10-8-26)11-30(15-32)45(47,48)49/h5-7,11-16,18-21,53-54,57H,8-10,17,22-23,55-56H2,1-4H3,(H,62,67)(H,63,68). The molecule has 0 unspecified atom stereocenters. The number of rotatable bonds is 16. The highest BCUT2D eigenvalue weighted by Crippen LogP contribution is 2.38. The molecule has 0 aliphatic carbocycles. The minimum atomic E-state index is -4.74. The summed E-state index contributed by atoms with van der Waals surface area (Å²) in [6.45, 7) is 4.14. The number of methoxy groups -OCH3 is 1. The molecule has 0 bridgehead atoms. The molecule has 9 N–H and O–H groups in total. The summed E-state index contributed by atoms with van der Waals surface area (Å²) < 4.78 is 89.4. The van der Waals surface area contributed by atoms with Gasteiger partial charge in [0.1, 0.15) is 5.75 Å². The molecule has 0 saturated heterocycles. The number of alkyl halides is 6. The van der Waals surface area contributed by atoms with Crippen molar-refractivity contribution in [1.29, 1.82) is 10.8 Å². The van der Waals surface area contributed by atoms with Crippen LogP contribution in [-0.2, 0) is 25.8 Å². The first-order valence-electron chi connectivity index (χ1n) is 21.2. The zero-order chi connectivity index (χ0) is 50.7. The molecule has 70 heavy (non-hydrogen) atoms. The summed E-state index contributed by atoms with van der Waals surface area (Å²) in [6.07, 6.45) is -1.60. The Morgan fingerprint density at radius 2 is 1.51 bits per heavy atom. The zero-order valence-electron chi connectivity index (χ0n) is 37.9. The molecule has 1 aliphatic heterocycles. The van der Waals surface area contributed by atoms with Crippen LogP contribution in [0.15, 0.2) is 79.4 Å². The van der Waals surface area contributed by atoms with Crippen molar-refractivity contribution in [2.24, 2.45) is 18.7 Å². The van der Waals surface area contributed by atoms with E-state index >= 15 is 0 Å². The fraction of sp³-hybridized carbons (Fsp3) is 0.261. The molecule has 0 radical (unpaired) electrons. The number of carbonyl (C=O) groups excluding carboxylic acids is 2. The van der Waals surface area contributed by atoms with E-state index in [0.717, 1.165) is 42.7 Å². The van der Waals surface area contributed by atoms with E-state index < -0.39 is 41.0 Å². The number of benzene rings is 2. The number of hydrogen-bond acceptors (Lipinski definition) is 15. The van der Waals surface area contributed by atoms with Gasteiger partial charge in [-0.2, -0.15) is 31.4 Å². The lowest BCUT2D eigenvalue weighted by molar-refractivity contribution is -0.139. The van der Waals surface area contributed by atoms with E-state index in [1.807, 2.05) is 0 Å². The summed E-state index contributed by atoms with van der Waals surface area (Å²) in [5, 5.41) is 33.0. The van der Waals surface area contributed by atoms with E-state index in [-0.39, 0.29) is 64.8 Å². The van der Waals surface area contributed by atoms with Crippen LogP contribution in [0.3, 0.4) is 0 Å². The molecule has 2 aromatic carbocycles. The Hall–Kier alpha value is -7.54. The Balaban J connectivity index is 1.10. The number of nitrogens with one attached hydrogen (secondary N) is 5. The number of pyridine rings is 2. The molecule has 7 rings (SSSR count). The average molecular weight is 989 g/mol. The largest absolute Gasteiger partial charge is 0.496 e. The van der Waals surface area contributed by atoms with Crippen LogP contribution in [0.2, 0.25) is 0 Å². The Kier molecular flexibility index (Phi) is 14.8. The lowest BCUT2D eigenvalue weighted by Crippen LogP contribution is -2.37. The van der Waals surface area contributed by atoms with Gasteiger partial charge in [0.2, 0.25) is 0 Å². The average Bonchev–Trinajstić information content (AvgIpc) is 3.93. The predicted molar refractivity (Wildman–Crippen MR) is 254 cm³/mol. The van der Waals surface area contributed by atoms with Gasteiger partial charge in [-0.1, -0.05) is 6.08 Å². The molecule has 0 spiro atoms. The number of aryl methyl sites for hydroxylation is 2. The molecule has 6 aromatic rings. The summed E-state index contributed by atoms with van der Waals surface area (Å²) in [4.78, 5) is 40.7. The van der Waals surface area contributed by atoms with Gasteiger partial charge >= 0.3 is 12.4 Å². The molecule has 0 saturated carbocycles. The van der Waals surface area contributed by atoms with Gasteiger partial charge in [0, 0.05) is 61.2 Å². The van der Waals surface area contributed by atoms with Crippen molar-refractivity contribution < 1.29 is 40.7 Å². The molecule has 1 aliphatic rings. The second kappa shape index (κ2) is 20.6. The van der Waals surface area contributed by atoms with E-state index in [1.165, 1.54) is 59.1 Å². The highest BCUT2D eigenvalue weighted by Gasteiger charge is 2.35. The topological polar surface area (TPSA) is 242 Å². The van der Waals surface area contributed by atoms with Crippen LogP contribution in [0, 0.1) is 24.7 Å². The predicted octanol–water partition coefficient (Wildman–Crippen LogP) is 7.30. The van der Waals surface area contributed by atoms with Crippen molar-refractivity contribution in [1.82, 2.24) is 30.0 Å². The fourth-order valence-electron chi connectivity index (χ4n) is 7.42. The first kappa shape index (κ1) is 50.3. The van der Waals surface area contributed by atoms with E-state index in [0.29, 0.717) is 63.2 Å². The molecule has 366 valence electrons. The summed E-state index contributed by atoms with van der Waals surface area (Å²) >= 11 is 1.14. The lowest BCUT2D eigenvalue weighted by Gasteiger charge is -2.22. The quantitative estimate of drug-likeness (QED) is 0.0219. The highest BCUT2D eigenvalue weighted by atomic mass is 32.1. The maximum absolute atomic E-state index is 14.1. The van der Waals surface area contributed by atoms with Crippen LogP contribution < -0.4 is 42.4 Å². The van der Waals surface area contributed by atoms with Crippen molar-refractivity contribution >= 4 is 62.9 Å². The van der Waals surface area contributed by atoms with Gasteiger partial charge in [0.25, 0.3) is 11.8 Å². The van der Waals surface area contributed by atoms with Crippen molar-refractivity contribution in [3.8, 4) is 5.75 Å². The van der Waals surface area contributed by atoms with Crippen LogP contribution in [0.1, 0.15) is 76.4 Å². The summed E-state index contributed by atoms with van der Waals surface area (Å²) in [7, 11) is 2.83. The summed E-state index contributed by atoms with van der Waals surface area (Å²) in [5.41, 5.74) is 1.31. The minimum absolute atomic E-state index is 0.0196. The second-order valence-electron chi connectivity index (χ2n) is 16.1. The molecule has 4 aromatic heterocycles. The van der Waals surface area contributed by atoms with Crippen LogP contribution in [0.4, 0.5) is 49.1 Å². The molecule has 2 amide bonds. The van der Waals surface area contributed by atoms with Gasteiger partial charge in [-0.15, -0.1) is 11.3 Å². The van der Waals surface area contributed by atoms with Gasteiger partial charge in [0.05, 0.1) is 92.7 Å². The van der Waals surface area contributed by atoms with E-state index in [4.69, 9.17) is 27.2 Å².